The average molecular weight is 273 g/mol. The summed E-state index contributed by atoms with van der Waals surface area (Å²) in [6, 6.07) is 7.99. The first-order valence-corrected chi connectivity index (χ1v) is 7.32. The fourth-order valence-corrected chi connectivity index (χ4v) is 2.55. The summed E-state index contributed by atoms with van der Waals surface area (Å²) in [7, 11) is 0. The molecule has 1 aliphatic carbocycles. The first-order valence-electron chi connectivity index (χ1n) is 7.32. The van der Waals surface area contributed by atoms with E-state index in [-0.39, 0.29) is 5.91 Å². The highest BCUT2D eigenvalue weighted by molar-refractivity contribution is 5.91. The van der Waals surface area contributed by atoms with Crippen LogP contribution < -0.4 is 5.32 Å². The second-order valence-electron chi connectivity index (χ2n) is 5.75. The van der Waals surface area contributed by atoms with E-state index in [9.17, 15) is 9.90 Å². The Morgan fingerprint density at radius 2 is 1.90 bits per heavy atom. The van der Waals surface area contributed by atoms with Crippen LogP contribution in [0.2, 0.25) is 0 Å². The number of aliphatic hydroxyl groups is 1. The molecule has 108 valence electrons. The molecule has 0 radical (unpaired) electrons. The van der Waals surface area contributed by atoms with Crippen LogP contribution in [-0.4, -0.2) is 23.2 Å². The van der Waals surface area contributed by atoms with Gasteiger partial charge in [0.25, 0.3) is 0 Å². The zero-order chi connectivity index (χ0) is 14.4. The molecule has 0 spiro atoms. The third kappa shape index (κ3) is 4.49. The summed E-state index contributed by atoms with van der Waals surface area (Å²) in [4.78, 5) is 11.8. The van der Waals surface area contributed by atoms with E-state index >= 15 is 0 Å². The van der Waals surface area contributed by atoms with Crippen molar-refractivity contribution in [2.45, 2.75) is 44.6 Å². The Hall–Kier alpha value is -1.61. The van der Waals surface area contributed by atoms with Gasteiger partial charge in [0.05, 0.1) is 5.60 Å². The largest absolute Gasteiger partial charge is 0.388 e. The van der Waals surface area contributed by atoms with Gasteiger partial charge in [-0.2, -0.15) is 0 Å². The SMILES string of the molecule is Cc1ccc(C=CC(=O)NCC2(O)CCCCC2)cc1. The second kappa shape index (κ2) is 6.71. The number of amides is 1. The van der Waals surface area contributed by atoms with E-state index in [4.69, 9.17) is 0 Å². The fourth-order valence-electron chi connectivity index (χ4n) is 2.55. The van der Waals surface area contributed by atoms with E-state index in [1.54, 1.807) is 6.08 Å². The fraction of sp³-hybridized carbons (Fsp3) is 0.471. The van der Waals surface area contributed by atoms with Crippen molar-refractivity contribution >= 4 is 12.0 Å². The predicted molar refractivity (Wildman–Crippen MR) is 81.3 cm³/mol. The Morgan fingerprint density at radius 3 is 2.55 bits per heavy atom. The quantitative estimate of drug-likeness (QED) is 0.829. The van der Waals surface area contributed by atoms with Crippen molar-refractivity contribution in [2.24, 2.45) is 0 Å². The number of rotatable bonds is 4. The Morgan fingerprint density at radius 1 is 1.25 bits per heavy atom. The highest BCUT2D eigenvalue weighted by atomic mass is 16.3. The lowest BCUT2D eigenvalue weighted by Gasteiger charge is -2.31. The molecule has 1 aromatic rings. The normalized spacial score (nSPS) is 18.1. The Kier molecular flexibility index (Phi) is 4.96. The van der Waals surface area contributed by atoms with Gasteiger partial charge in [-0.15, -0.1) is 0 Å². The molecular formula is C17H23NO2. The lowest BCUT2D eigenvalue weighted by atomic mass is 9.85. The first-order chi connectivity index (χ1) is 9.57. The summed E-state index contributed by atoms with van der Waals surface area (Å²) < 4.78 is 0. The maximum Gasteiger partial charge on any atom is 0.244 e. The maximum absolute atomic E-state index is 11.8. The molecule has 2 rings (SSSR count). The maximum atomic E-state index is 11.8. The van der Waals surface area contributed by atoms with Gasteiger partial charge in [-0.1, -0.05) is 49.1 Å². The average Bonchev–Trinajstić information content (AvgIpc) is 2.45. The number of benzene rings is 1. The van der Waals surface area contributed by atoms with Gasteiger partial charge in [0.15, 0.2) is 0 Å². The number of hydrogen-bond acceptors (Lipinski definition) is 2. The number of aryl methyl sites for hydroxylation is 1. The summed E-state index contributed by atoms with van der Waals surface area (Å²) in [5.41, 5.74) is 1.50. The van der Waals surface area contributed by atoms with Gasteiger partial charge in [-0.3, -0.25) is 4.79 Å². The van der Waals surface area contributed by atoms with Crippen LogP contribution in [0.5, 0.6) is 0 Å². The van der Waals surface area contributed by atoms with E-state index in [1.807, 2.05) is 31.2 Å². The molecule has 0 saturated heterocycles. The molecule has 0 unspecified atom stereocenters. The molecule has 1 aromatic carbocycles. The lowest BCUT2D eigenvalue weighted by molar-refractivity contribution is -0.118. The van der Waals surface area contributed by atoms with E-state index < -0.39 is 5.60 Å². The van der Waals surface area contributed by atoms with Crippen molar-refractivity contribution in [3.8, 4) is 0 Å². The van der Waals surface area contributed by atoms with Crippen LogP contribution in [0.25, 0.3) is 6.08 Å². The van der Waals surface area contributed by atoms with Gasteiger partial charge in [0.2, 0.25) is 5.91 Å². The van der Waals surface area contributed by atoms with Crippen molar-refractivity contribution in [1.82, 2.24) is 5.32 Å². The predicted octanol–water partition coefficient (Wildman–Crippen LogP) is 2.82. The molecule has 2 N–H and O–H groups in total. The van der Waals surface area contributed by atoms with Crippen molar-refractivity contribution in [1.29, 1.82) is 0 Å². The second-order valence-corrected chi connectivity index (χ2v) is 5.75. The van der Waals surface area contributed by atoms with Crippen LogP contribution in [0.15, 0.2) is 30.3 Å². The van der Waals surface area contributed by atoms with Crippen molar-refractivity contribution in [2.75, 3.05) is 6.54 Å². The summed E-state index contributed by atoms with van der Waals surface area (Å²) in [5.74, 6) is -0.149. The summed E-state index contributed by atoms with van der Waals surface area (Å²) in [6.07, 6.45) is 8.17. The van der Waals surface area contributed by atoms with E-state index in [1.165, 1.54) is 18.1 Å². The minimum absolute atomic E-state index is 0.149. The third-order valence-corrected chi connectivity index (χ3v) is 3.88. The Bertz CT molecular complexity index is 470. The topological polar surface area (TPSA) is 49.3 Å². The molecule has 1 amide bonds. The van der Waals surface area contributed by atoms with Crippen LogP contribution >= 0.6 is 0 Å². The molecule has 3 nitrogen and oxygen atoms in total. The molecule has 20 heavy (non-hydrogen) atoms. The highest BCUT2D eigenvalue weighted by Crippen LogP contribution is 2.27. The smallest absolute Gasteiger partial charge is 0.244 e. The molecule has 3 heteroatoms. The van der Waals surface area contributed by atoms with Gasteiger partial charge in [0.1, 0.15) is 0 Å². The Balaban J connectivity index is 1.81. The molecule has 0 aliphatic heterocycles. The number of carbonyl (C=O) groups excluding carboxylic acids is 1. The summed E-state index contributed by atoms with van der Waals surface area (Å²) in [6.45, 7) is 2.38. The zero-order valence-electron chi connectivity index (χ0n) is 12.1. The van der Waals surface area contributed by atoms with Crippen LogP contribution in [0.1, 0.15) is 43.2 Å². The van der Waals surface area contributed by atoms with Crippen molar-refractivity contribution < 1.29 is 9.90 Å². The number of carbonyl (C=O) groups is 1. The highest BCUT2D eigenvalue weighted by Gasteiger charge is 2.29. The van der Waals surface area contributed by atoms with Gasteiger partial charge >= 0.3 is 0 Å². The van der Waals surface area contributed by atoms with E-state index in [0.29, 0.717) is 6.54 Å². The lowest BCUT2D eigenvalue weighted by Crippen LogP contribution is -2.43. The van der Waals surface area contributed by atoms with E-state index in [2.05, 4.69) is 5.32 Å². The van der Waals surface area contributed by atoms with Crippen molar-refractivity contribution in [3.63, 3.8) is 0 Å². The molecule has 1 aliphatic rings. The van der Waals surface area contributed by atoms with Gasteiger partial charge in [-0.25, -0.2) is 0 Å². The third-order valence-electron chi connectivity index (χ3n) is 3.88. The van der Waals surface area contributed by atoms with Gasteiger partial charge in [0, 0.05) is 12.6 Å². The standard InChI is InChI=1S/C17H23NO2/c1-14-5-7-15(8-6-14)9-10-16(19)18-13-17(20)11-3-2-4-12-17/h5-10,20H,2-4,11-13H2,1H3,(H,18,19). The Labute approximate surface area is 120 Å². The molecule has 0 atom stereocenters. The minimum atomic E-state index is -0.703. The molecule has 1 fully saturated rings. The van der Waals surface area contributed by atoms with Crippen molar-refractivity contribution in [3.05, 3.63) is 41.5 Å². The molecule has 0 bridgehead atoms. The molecule has 1 saturated carbocycles. The molecule has 0 heterocycles. The molecule has 0 aromatic heterocycles. The van der Waals surface area contributed by atoms with Crippen LogP contribution in [0.3, 0.4) is 0 Å². The first kappa shape index (κ1) is 14.8. The molecular weight excluding hydrogens is 250 g/mol. The van der Waals surface area contributed by atoms with E-state index in [0.717, 1.165) is 31.2 Å². The van der Waals surface area contributed by atoms with Crippen LogP contribution in [-0.2, 0) is 4.79 Å². The minimum Gasteiger partial charge on any atom is -0.388 e. The van der Waals surface area contributed by atoms with Crippen LogP contribution in [0.4, 0.5) is 0 Å². The summed E-state index contributed by atoms with van der Waals surface area (Å²) in [5, 5.41) is 13.1. The van der Waals surface area contributed by atoms with Gasteiger partial charge in [-0.05, 0) is 31.4 Å². The number of nitrogens with one attached hydrogen (secondary N) is 1. The number of hydrogen-bond donors (Lipinski definition) is 2. The summed E-state index contributed by atoms with van der Waals surface area (Å²) >= 11 is 0. The zero-order valence-corrected chi connectivity index (χ0v) is 12.1. The monoisotopic (exact) mass is 273 g/mol. The van der Waals surface area contributed by atoms with Gasteiger partial charge < -0.3 is 10.4 Å². The van der Waals surface area contributed by atoms with Crippen LogP contribution in [0, 0.1) is 6.92 Å².